The SMILES string of the molecule is CN=C/C(=C\N)c1cnc2ccc(=O)[nH]c2c1Cl. The summed E-state index contributed by atoms with van der Waals surface area (Å²) < 4.78 is 0. The maximum Gasteiger partial charge on any atom is 0.248 e. The minimum absolute atomic E-state index is 0.231. The first kappa shape index (κ1) is 12.3. The number of allylic oxidation sites excluding steroid dienone is 1. The van der Waals surface area contributed by atoms with E-state index in [4.69, 9.17) is 17.3 Å². The molecule has 2 rings (SSSR count). The molecule has 92 valence electrons. The van der Waals surface area contributed by atoms with Crippen molar-refractivity contribution >= 4 is 34.4 Å². The van der Waals surface area contributed by atoms with Crippen molar-refractivity contribution in [2.75, 3.05) is 7.05 Å². The molecule has 0 bridgehead atoms. The Hall–Kier alpha value is -2.14. The van der Waals surface area contributed by atoms with Gasteiger partial charge in [0, 0.05) is 42.9 Å². The fourth-order valence-electron chi connectivity index (χ4n) is 1.61. The van der Waals surface area contributed by atoms with Crippen molar-refractivity contribution in [1.82, 2.24) is 9.97 Å². The Morgan fingerprint density at radius 1 is 1.56 bits per heavy atom. The number of nitrogens with one attached hydrogen (secondary N) is 1. The molecule has 0 aliphatic rings. The van der Waals surface area contributed by atoms with Crippen molar-refractivity contribution in [3.8, 4) is 0 Å². The predicted molar refractivity (Wildman–Crippen MR) is 74.0 cm³/mol. The summed E-state index contributed by atoms with van der Waals surface area (Å²) in [5.41, 5.74) is 7.67. The van der Waals surface area contributed by atoms with Gasteiger partial charge in [0.05, 0.1) is 16.1 Å². The Morgan fingerprint density at radius 2 is 2.33 bits per heavy atom. The van der Waals surface area contributed by atoms with E-state index < -0.39 is 0 Å². The number of rotatable bonds is 2. The van der Waals surface area contributed by atoms with Crippen LogP contribution in [0.4, 0.5) is 0 Å². The largest absolute Gasteiger partial charge is 0.404 e. The number of halogens is 1. The number of aliphatic imine (C=N–C) groups is 1. The third-order valence-electron chi connectivity index (χ3n) is 2.44. The van der Waals surface area contributed by atoms with Crippen LogP contribution in [0.25, 0.3) is 16.6 Å². The summed E-state index contributed by atoms with van der Waals surface area (Å²) in [7, 11) is 1.63. The van der Waals surface area contributed by atoms with Crippen LogP contribution < -0.4 is 11.3 Å². The van der Waals surface area contributed by atoms with E-state index in [1.54, 1.807) is 25.5 Å². The van der Waals surface area contributed by atoms with Gasteiger partial charge in [0.15, 0.2) is 0 Å². The van der Waals surface area contributed by atoms with E-state index in [0.717, 1.165) is 0 Å². The predicted octanol–water partition coefficient (Wildman–Crippen LogP) is 1.58. The molecule has 0 amide bonds. The number of fused-ring (bicyclic) bond motifs is 1. The first-order chi connectivity index (χ1) is 8.67. The van der Waals surface area contributed by atoms with Gasteiger partial charge < -0.3 is 10.7 Å². The maximum atomic E-state index is 11.3. The van der Waals surface area contributed by atoms with E-state index >= 15 is 0 Å². The Morgan fingerprint density at radius 3 is 3.00 bits per heavy atom. The first-order valence-corrected chi connectivity index (χ1v) is 5.57. The Labute approximate surface area is 108 Å². The second kappa shape index (κ2) is 5.01. The van der Waals surface area contributed by atoms with Crippen molar-refractivity contribution in [3.05, 3.63) is 45.5 Å². The van der Waals surface area contributed by atoms with E-state index in [9.17, 15) is 4.79 Å². The standard InChI is InChI=1S/C12H11ClN4O/c1-15-5-7(4-14)8-6-16-9-2-3-10(18)17-12(9)11(8)13/h2-6H,14H2,1H3,(H,17,18)/b7-4+,15-5?. The van der Waals surface area contributed by atoms with Crippen LogP contribution >= 0.6 is 11.6 Å². The van der Waals surface area contributed by atoms with Gasteiger partial charge in [-0.05, 0) is 6.07 Å². The average Bonchev–Trinajstić information content (AvgIpc) is 2.38. The Kier molecular flexibility index (Phi) is 3.43. The van der Waals surface area contributed by atoms with Gasteiger partial charge in [-0.3, -0.25) is 14.8 Å². The number of nitrogens with two attached hydrogens (primary N) is 1. The molecule has 2 aromatic rings. The Balaban J connectivity index is 2.75. The summed E-state index contributed by atoms with van der Waals surface area (Å²) in [6, 6.07) is 3.02. The molecule has 0 radical (unpaired) electrons. The molecule has 5 nitrogen and oxygen atoms in total. The summed E-state index contributed by atoms with van der Waals surface area (Å²) in [5, 5.41) is 0.398. The van der Waals surface area contributed by atoms with Gasteiger partial charge >= 0.3 is 0 Å². The van der Waals surface area contributed by atoms with Gasteiger partial charge in [-0.25, -0.2) is 0 Å². The molecule has 0 atom stereocenters. The number of H-pyrrole nitrogens is 1. The average molecular weight is 263 g/mol. The van der Waals surface area contributed by atoms with E-state index in [1.165, 1.54) is 12.3 Å². The third-order valence-corrected chi connectivity index (χ3v) is 2.84. The number of aromatic nitrogens is 2. The molecule has 6 heteroatoms. The number of hydrogen-bond donors (Lipinski definition) is 2. The number of hydrogen-bond acceptors (Lipinski definition) is 4. The van der Waals surface area contributed by atoms with Crippen molar-refractivity contribution in [2.24, 2.45) is 10.7 Å². The smallest absolute Gasteiger partial charge is 0.248 e. The Bertz CT molecular complexity index is 703. The lowest BCUT2D eigenvalue weighted by Gasteiger charge is -2.06. The summed E-state index contributed by atoms with van der Waals surface area (Å²) in [5.74, 6) is 0. The second-order valence-corrected chi connectivity index (χ2v) is 3.96. The maximum absolute atomic E-state index is 11.3. The van der Waals surface area contributed by atoms with Crippen molar-refractivity contribution in [1.29, 1.82) is 0 Å². The number of nitrogens with zero attached hydrogens (tertiary/aromatic N) is 2. The topological polar surface area (TPSA) is 84.1 Å². The molecular formula is C12H11ClN4O. The minimum atomic E-state index is -0.231. The molecule has 3 N–H and O–H groups in total. The molecule has 2 heterocycles. The summed E-state index contributed by atoms with van der Waals surface area (Å²) in [6.45, 7) is 0. The number of pyridine rings is 2. The third kappa shape index (κ3) is 2.12. The lowest BCUT2D eigenvalue weighted by Crippen LogP contribution is -2.04. The molecular weight excluding hydrogens is 252 g/mol. The fraction of sp³-hybridized carbons (Fsp3) is 0.0833. The van der Waals surface area contributed by atoms with Crippen LogP contribution in [0.5, 0.6) is 0 Å². The molecule has 0 aliphatic heterocycles. The van der Waals surface area contributed by atoms with Crippen molar-refractivity contribution in [3.63, 3.8) is 0 Å². The molecule has 0 aromatic carbocycles. The molecule has 0 aliphatic carbocycles. The monoisotopic (exact) mass is 262 g/mol. The first-order valence-electron chi connectivity index (χ1n) is 5.19. The molecule has 0 spiro atoms. The zero-order valence-electron chi connectivity index (χ0n) is 9.64. The van der Waals surface area contributed by atoms with Crippen molar-refractivity contribution < 1.29 is 0 Å². The highest BCUT2D eigenvalue weighted by Crippen LogP contribution is 2.27. The highest BCUT2D eigenvalue weighted by atomic mass is 35.5. The van der Waals surface area contributed by atoms with Gasteiger partial charge in [0.25, 0.3) is 0 Å². The highest BCUT2D eigenvalue weighted by Gasteiger charge is 2.10. The second-order valence-electron chi connectivity index (χ2n) is 3.58. The summed E-state index contributed by atoms with van der Waals surface area (Å²) in [6.07, 6.45) is 4.57. The zero-order chi connectivity index (χ0) is 13.1. The highest BCUT2D eigenvalue weighted by molar-refractivity contribution is 6.37. The van der Waals surface area contributed by atoms with Crippen LogP contribution in [0.1, 0.15) is 5.56 Å². The van der Waals surface area contributed by atoms with Crippen LogP contribution in [0.3, 0.4) is 0 Å². The normalized spacial score (nSPS) is 12.4. The van der Waals surface area contributed by atoms with Gasteiger partial charge in [-0.15, -0.1) is 0 Å². The molecule has 0 saturated carbocycles. The van der Waals surface area contributed by atoms with Crippen LogP contribution in [-0.4, -0.2) is 23.2 Å². The van der Waals surface area contributed by atoms with Crippen LogP contribution in [0.2, 0.25) is 5.02 Å². The lowest BCUT2D eigenvalue weighted by atomic mass is 10.1. The van der Waals surface area contributed by atoms with Gasteiger partial charge in [0.1, 0.15) is 0 Å². The van der Waals surface area contributed by atoms with E-state index in [0.29, 0.717) is 27.2 Å². The quantitative estimate of drug-likeness (QED) is 0.806. The van der Waals surface area contributed by atoms with Gasteiger partial charge in [-0.1, -0.05) is 11.6 Å². The lowest BCUT2D eigenvalue weighted by molar-refractivity contribution is 1.27. The summed E-state index contributed by atoms with van der Waals surface area (Å²) in [4.78, 5) is 22.1. The molecule has 0 unspecified atom stereocenters. The number of aromatic amines is 1. The van der Waals surface area contributed by atoms with Crippen LogP contribution in [-0.2, 0) is 0 Å². The molecule has 0 fully saturated rings. The molecule has 18 heavy (non-hydrogen) atoms. The van der Waals surface area contributed by atoms with E-state index in [-0.39, 0.29) is 5.56 Å². The van der Waals surface area contributed by atoms with E-state index in [2.05, 4.69) is 15.0 Å². The van der Waals surface area contributed by atoms with Gasteiger partial charge in [0.2, 0.25) is 5.56 Å². The van der Waals surface area contributed by atoms with Gasteiger partial charge in [-0.2, -0.15) is 0 Å². The van der Waals surface area contributed by atoms with Crippen LogP contribution in [0.15, 0.2) is 34.3 Å². The minimum Gasteiger partial charge on any atom is -0.404 e. The van der Waals surface area contributed by atoms with E-state index in [1.807, 2.05) is 0 Å². The van der Waals surface area contributed by atoms with Crippen LogP contribution in [0, 0.1) is 0 Å². The molecule has 0 saturated heterocycles. The fourth-order valence-corrected chi connectivity index (χ4v) is 1.91. The zero-order valence-corrected chi connectivity index (χ0v) is 10.4. The molecule has 2 aromatic heterocycles. The van der Waals surface area contributed by atoms with Crippen molar-refractivity contribution in [2.45, 2.75) is 0 Å². The summed E-state index contributed by atoms with van der Waals surface area (Å²) >= 11 is 6.25.